The van der Waals surface area contributed by atoms with Crippen LogP contribution in [0.5, 0.6) is 0 Å². The van der Waals surface area contributed by atoms with Crippen molar-refractivity contribution in [3.8, 4) is 0 Å². The van der Waals surface area contributed by atoms with Crippen LogP contribution in [-0.2, 0) is 4.79 Å². The number of anilines is 1. The molecule has 0 atom stereocenters. The number of nitrogens with one attached hydrogen (secondary N) is 1. The molecule has 0 aliphatic heterocycles. The van der Waals surface area contributed by atoms with E-state index in [2.05, 4.69) is 17.4 Å². The van der Waals surface area contributed by atoms with Crippen molar-refractivity contribution in [1.82, 2.24) is 0 Å². The molecule has 0 saturated heterocycles. The zero-order valence-electron chi connectivity index (χ0n) is 9.83. The Morgan fingerprint density at radius 3 is 2.69 bits per heavy atom. The van der Waals surface area contributed by atoms with Gasteiger partial charge in [0.15, 0.2) is 0 Å². The Morgan fingerprint density at radius 1 is 1.25 bits per heavy atom. The summed E-state index contributed by atoms with van der Waals surface area (Å²) in [7, 11) is 0. The van der Waals surface area contributed by atoms with E-state index in [0.717, 1.165) is 5.69 Å². The first-order chi connectivity index (χ1) is 7.75. The molecule has 0 heterocycles. The van der Waals surface area contributed by atoms with E-state index in [1.54, 1.807) is 6.92 Å². The standard InChI is InChI=1S/C14H19NO/c1-11(16)15-14-9-5-8-13(10-14)12-6-3-2-4-7-12/h5,8-10,12H,2-4,6-7H2,1H3,(H,15,16). The van der Waals surface area contributed by atoms with Crippen molar-refractivity contribution in [3.63, 3.8) is 0 Å². The molecule has 0 aromatic heterocycles. The lowest BCUT2D eigenvalue weighted by Crippen LogP contribution is -2.08. The molecule has 86 valence electrons. The molecule has 1 amide bonds. The molecule has 1 saturated carbocycles. The van der Waals surface area contributed by atoms with E-state index in [1.807, 2.05) is 12.1 Å². The fraction of sp³-hybridized carbons (Fsp3) is 0.500. The van der Waals surface area contributed by atoms with E-state index >= 15 is 0 Å². The minimum Gasteiger partial charge on any atom is -0.326 e. The van der Waals surface area contributed by atoms with Gasteiger partial charge in [0, 0.05) is 12.6 Å². The van der Waals surface area contributed by atoms with Gasteiger partial charge in [-0.2, -0.15) is 0 Å². The van der Waals surface area contributed by atoms with Crippen LogP contribution in [0.3, 0.4) is 0 Å². The van der Waals surface area contributed by atoms with E-state index in [1.165, 1.54) is 37.7 Å². The van der Waals surface area contributed by atoms with Gasteiger partial charge in [-0.15, -0.1) is 0 Å². The van der Waals surface area contributed by atoms with E-state index in [9.17, 15) is 4.79 Å². The molecule has 1 aliphatic carbocycles. The Labute approximate surface area is 97.1 Å². The lowest BCUT2D eigenvalue weighted by atomic mass is 9.84. The summed E-state index contributed by atoms with van der Waals surface area (Å²) in [5.41, 5.74) is 2.31. The van der Waals surface area contributed by atoms with Gasteiger partial charge in [0.25, 0.3) is 0 Å². The van der Waals surface area contributed by atoms with Crippen molar-refractivity contribution < 1.29 is 4.79 Å². The number of amides is 1. The average Bonchev–Trinajstić information content (AvgIpc) is 2.30. The molecular weight excluding hydrogens is 198 g/mol. The molecule has 0 radical (unpaired) electrons. The normalized spacial score (nSPS) is 17.1. The first kappa shape index (κ1) is 11.2. The number of carbonyl (C=O) groups excluding carboxylic acids is 1. The second-order valence-corrected chi connectivity index (χ2v) is 4.64. The lowest BCUT2D eigenvalue weighted by molar-refractivity contribution is -0.114. The second kappa shape index (κ2) is 5.15. The molecule has 1 aromatic carbocycles. The molecule has 2 heteroatoms. The van der Waals surface area contributed by atoms with Crippen LogP contribution in [0.4, 0.5) is 5.69 Å². The maximum atomic E-state index is 11.0. The van der Waals surface area contributed by atoms with Gasteiger partial charge in [-0.05, 0) is 36.5 Å². The highest BCUT2D eigenvalue weighted by Gasteiger charge is 2.15. The van der Waals surface area contributed by atoms with Crippen molar-refractivity contribution in [3.05, 3.63) is 29.8 Å². The van der Waals surface area contributed by atoms with Gasteiger partial charge in [-0.25, -0.2) is 0 Å². The van der Waals surface area contributed by atoms with E-state index in [0.29, 0.717) is 5.92 Å². The van der Waals surface area contributed by atoms with Crippen molar-refractivity contribution in [2.45, 2.75) is 44.9 Å². The topological polar surface area (TPSA) is 29.1 Å². The second-order valence-electron chi connectivity index (χ2n) is 4.64. The fourth-order valence-electron chi connectivity index (χ4n) is 2.51. The summed E-state index contributed by atoms with van der Waals surface area (Å²) >= 11 is 0. The maximum absolute atomic E-state index is 11.0. The van der Waals surface area contributed by atoms with Crippen LogP contribution in [-0.4, -0.2) is 5.91 Å². The van der Waals surface area contributed by atoms with Crippen LogP contribution in [0.15, 0.2) is 24.3 Å². The molecule has 0 spiro atoms. The van der Waals surface area contributed by atoms with Gasteiger partial charge < -0.3 is 5.32 Å². The maximum Gasteiger partial charge on any atom is 0.221 e. The third-order valence-corrected chi connectivity index (χ3v) is 3.28. The smallest absolute Gasteiger partial charge is 0.221 e. The van der Waals surface area contributed by atoms with Crippen molar-refractivity contribution in [2.75, 3.05) is 5.32 Å². The number of carbonyl (C=O) groups is 1. The van der Waals surface area contributed by atoms with Crippen molar-refractivity contribution >= 4 is 11.6 Å². The largest absolute Gasteiger partial charge is 0.326 e. The first-order valence-corrected chi connectivity index (χ1v) is 6.13. The Kier molecular flexibility index (Phi) is 3.60. The van der Waals surface area contributed by atoms with E-state index in [4.69, 9.17) is 0 Å². The number of hydrogen-bond acceptors (Lipinski definition) is 1. The van der Waals surface area contributed by atoms with E-state index in [-0.39, 0.29) is 5.91 Å². The Balaban J connectivity index is 2.11. The predicted molar refractivity (Wildman–Crippen MR) is 66.6 cm³/mol. The molecule has 2 rings (SSSR count). The zero-order valence-corrected chi connectivity index (χ0v) is 9.83. The molecule has 0 bridgehead atoms. The van der Waals surface area contributed by atoms with Crippen LogP contribution in [0.25, 0.3) is 0 Å². The van der Waals surface area contributed by atoms with Gasteiger partial charge in [0.1, 0.15) is 0 Å². The summed E-state index contributed by atoms with van der Waals surface area (Å²) < 4.78 is 0. The Bertz CT molecular complexity index is 367. The summed E-state index contributed by atoms with van der Waals surface area (Å²) in [6.45, 7) is 1.55. The molecule has 1 aliphatic rings. The van der Waals surface area contributed by atoms with Gasteiger partial charge in [-0.1, -0.05) is 31.4 Å². The first-order valence-electron chi connectivity index (χ1n) is 6.13. The molecule has 16 heavy (non-hydrogen) atoms. The molecule has 2 nitrogen and oxygen atoms in total. The summed E-state index contributed by atoms with van der Waals surface area (Å²) in [6, 6.07) is 8.29. The Hall–Kier alpha value is -1.31. The quantitative estimate of drug-likeness (QED) is 0.804. The minimum atomic E-state index is 0.000735. The monoisotopic (exact) mass is 217 g/mol. The number of rotatable bonds is 2. The summed E-state index contributed by atoms with van der Waals surface area (Å²) in [5.74, 6) is 0.697. The minimum absolute atomic E-state index is 0.000735. The molecule has 0 unspecified atom stereocenters. The highest BCUT2D eigenvalue weighted by molar-refractivity contribution is 5.88. The number of hydrogen-bond donors (Lipinski definition) is 1. The van der Waals surface area contributed by atoms with Gasteiger partial charge in [0.2, 0.25) is 5.91 Å². The fourth-order valence-corrected chi connectivity index (χ4v) is 2.51. The zero-order chi connectivity index (χ0) is 11.4. The number of benzene rings is 1. The van der Waals surface area contributed by atoms with Crippen LogP contribution in [0.2, 0.25) is 0 Å². The van der Waals surface area contributed by atoms with Crippen LogP contribution >= 0.6 is 0 Å². The third-order valence-electron chi connectivity index (χ3n) is 3.28. The van der Waals surface area contributed by atoms with Crippen molar-refractivity contribution in [1.29, 1.82) is 0 Å². The molecule has 1 N–H and O–H groups in total. The predicted octanol–water partition coefficient (Wildman–Crippen LogP) is 3.69. The lowest BCUT2D eigenvalue weighted by Gasteiger charge is -2.22. The third kappa shape index (κ3) is 2.84. The average molecular weight is 217 g/mol. The van der Waals surface area contributed by atoms with Gasteiger partial charge in [-0.3, -0.25) is 4.79 Å². The Morgan fingerprint density at radius 2 is 2.00 bits per heavy atom. The summed E-state index contributed by atoms with van der Waals surface area (Å²) in [4.78, 5) is 11.0. The van der Waals surface area contributed by atoms with Gasteiger partial charge >= 0.3 is 0 Å². The summed E-state index contributed by atoms with van der Waals surface area (Å²) in [6.07, 6.45) is 6.65. The molecular formula is C14H19NO. The highest BCUT2D eigenvalue weighted by Crippen LogP contribution is 2.33. The summed E-state index contributed by atoms with van der Waals surface area (Å²) in [5, 5.41) is 2.85. The SMILES string of the molecule is CC(=O)Nc1cccc(C2CCCCC2)c1. The van der Waals surface area contributed by atoms with Crippen LogP contribution in [0.1, 0.15) is 50.5 Å². The highest BCUT2D eigenvalue weighted by atomic mass is 16.1. The van der Waals surface area contributed by atoms with Crippen LogP contribution in [0, 0.1) is 0 Å². The van der Waals surface area contributed by atoms with Crippen LogP contribution < -0.4 is 5.32 Å². The van der Waals surface area contributed by atoms with Gasteiger partial charge in [0.05, 0.1) is 0 Å². The van der Waals surface area contributed by atoms with E-state index < -0.39 is 0 Å². The molecule has 1 aromatic rings. The van der Waals surface area contributed by atoms with Crippen molar-refractivity contribution in [2.24, 2.45) is 0 Å². The molecule has 1 fully saturated rings.